The van der Waals surface area contributed by atoms with E-state index in [0.717, 1.165) is 0 Å². The number of methoxy groups -OCH3 is 1. The van der Waals surface area contributed by atoms with Crippen molar-refractivity contribution in [3.63, 3.8) is 0 Å². The molecule has 0 aromatic heterocycles. The van der Waals surface area contributed by atoms with E-state index < -0.39 is 0 Å². The van der Waals surface area contributed by atoms with Crippen LogP contribution in [0.5, 0.6) is 0 Å². The number of hydrogen-bond acceptors (Lipinski definition) is 4. The molecule has 0 fully saturated rings. The fraction of sp³-hybridized carbons (Fsp3) is 0.385. The smallest absolute Gasteiger partial charge is 0.353 e. The van der Waals surface area contributed by atoms with E-state index in [2.05, 4.69) is 68.4 Å². The highest BCUT2D eigenvalue weighted by atomic mass is 127. The molecule has 1 aliphatic heterocycles. The summed E-state index contributed by atoms with van der Waals surface area (Å²) in [6, 6.07) is 8.65. The van der Waals surface area contributed by atoms with Crippen LogP contribution in [0.25, 0.3) is 0 Å². The molecule has 96 valence electrons. The van der Waals surface area contributed by atoms with Crippen LogP contribution >= 0.6 is 22.6 Å². The molecule has 1 aliphatic rings. The third-order valence-corrected chi connectivity index (χ3v) is 3.84. The minimum absolute atomic E-state index is 0.243. The Morgan fingerprint density at radius 3 is 2.72 bits per heavy atom. The molecular weight excluding hydrogens is 343 g/mol. The number of hydrogen-bond donors (Lipinski definition) is 0. The lowest BCUT2D eigenvalue weighted by molar-refractivity contribution is -0.132. The van der Waals surface area contributed by atoms with Gasteiger partial charge in [0.25, 0.3) is 0 Å². The lowest BCUT2D eigenvalue weighted by Crippen LogP contribution is -2.29. The average Bonchev–Trinajstić information content (AvgIpc) is 2.87. The van der Waals surface area contributed by atoms with Gasteiger partial charge < -0.3 is 4.74 Å². The van der Waals surface area contributed by atoms with Gasteiger partial charge in [-0.25, -0.2) is 4.79 Å². The van der Waals surface area contributed by atoms with Crippen LogP contribution in [0.1, 0.15) is 18.5 Å². The summed E-state index contributed by atoms with van der Waals surface area (Å²) in [5, 5.41) is 0. The zero-order valence-electron chi connectivity index (χ0n) is 10.4. The van der Waals surface area contributed by atoms with Gasteiger partial charge in [0, 0.05) is 9.61 Å². The van der Waals surface area contributed by atoms with Crippen molar-refractivity contribution in [2.24, 2.45) is 4.99 Å². The minimum atomic E-state index is -0.327. The Kier molecular flexibility index (Phi) is 4.34. The van der Waals surface area contributed by atoms with Crippen molar-refractivity contribution in [1.82, 2.24) is 4.90 Å². The quantitative estimate of drug-likeness (QED) is 0.615. The maximum Gasteiger partial charge on any atom is 0.353 e. The molecule has 0 unspecified atom stereocenters. The summed E-state index contributed by atoms with van der Waals surface area (Å²) < 4.78 is 5.91. The van der Waals surface area contributed by atoms with Gasteiger partial charge in [-0.15, -0.1) is 0 Å². The molecular formula is C13H15IN2O2. The SMILES string of the molecule is COC(=O)C1=NCN([C@H](C)c2ccc(I)cc2)C1. The van der Waals surface area contributed by atoms with Gasteiger partial charge in [-0.1, -0.05) is 12.1 Å². The summed E-state index contributed by atoms with van der Waals surface area (Å²) in [5.41, 5.74) is 1.74. The number of rotatable bonds is 3. The van der Waals surface area contributed by atoms with Crippen molar-refractivity contribution in [3.8, 4) is 0 Å². The summed E-state index contributed by atoms with van der Waals surface area (Å²) in [7, 11) is 1.38. The van der Waals surface area contributed by atoms with Crippen molar-refractivity contribution >= 4 is 34.3 Å². The Balaban J connectivity index is 2.02. The first-order valence-electron chi connectivity index (χ1n) is 5.73. The van der Waals surface area contributed by atoms with Gasteiger partial charge in [0.1, 0.15) is 5.71 Å². The molecule has 1 aromatic rings. The Labute approximate surface area is 120 Å². The highest BCUT2D eigenvalue weighted by Crippen LogP contribution is 2.23. The number of esters is 1. The molecule has 0 bridgehead atoms. The number of ether oxygens (including phenoxy) is 1. The zero-order chi connectivity index (χ0) is 13.1. The maximum atomic E-state index is 11.4. The lowest BCUT2D eigenvalue weighted by atomic mass is 10.1. The molecule has 0 amide bonds. The van der Waals surface area contributed by atoms with Gasteiger partial charge in [0.2, 0.25) is 0 Å². The second-order valence-corrected chi connectivity index (χ2v) is 5.46. The van der Waals surface area contributed by atoms with Crippen molar-refractivity contribution in [2.45, 2.75) is 13.0 Å². The van der Waals surface area contributed by atoms with Gasteiger partial charge in [0.05, 0.1) is 20.3 Å². The Bertz CT molecular complexity index is 470. The summed E-state index contributed by atoms with van der Waals surface area (Å²) in [5.74, 6) is -0.327. The predicted molar refractivity (Wildman–Crippen MR) is 78.6 cm³/mol. The maximum absolute atomic E-state index is 11.4. The summed E-state index contributed by atoms with van der Waals surface area (Å²) in [6.07, 6.45) is 0. The number of nitrogens with zero attached hydrogens (tertiary/aromatic N) is 2. The van der Waals surface area contributed by atoms with E-state index in [4.69, 9.17) is 0 Å². The molecule has 0 radical (unpaired) electrons. The average molecular weight is 358 g/mol. The van der Waals surface area contributed by atoms with Crippen LogP contribution in [0, 0.1) is 3.57 Å². The standard InChI is InChI=1S/C13H15IN2O2/c1-9(10-3-5-11(14)6-4-10)16-7-12(15-8-16)13(17)18-2/h3-6,9H,7-8H2,1-2H3/t9-/m1/s1. The van der Waals surface area contributed by atoms with Gasteiger partial charge >= 0.3 is 5.97 Å². The zero-order valence-corrected chi connectivity index (χ0v) is 12.5. The first-order valence-corrected chi connectivity index (χ1v) is 6.81. The number of halogens is 1. The van der Waals surface area contributed by atoms with Crippen molar-refractivity contribution in [3.05, 3.63) is 33.4 Å². The summed E-state index contributed by atoms with van der Waals surface area (Å²) >= 11 is 2.29. The van der Waals surface area contributed by atoms with Crippen LogP contribution in [0.15, 0.2) is 29.3 Å². The third-order valence-electron chi connectivity index (χ3n) is 3.12. The molecule has 1 heterocycles. The van der Waals surface area contributed by atoms with Crippen molar-refractivity contribution in [2.75, 3.05) is 20.3 Å². The van der Waals surface area contributed by atoms with E-state index in [0.29, 0.717) is 18.9 Å². The summed E-state index contributed by atoms with van der Waals surface area (Å²) in [4.78, 5) is 17.7. The van der Waals surface area contributed by atoms with E-state index in [-0.39, 0.29) is 12.0 Å². The van der Waals surface area contributed by atoms with E-state index in [1.807, 2.05) is 0 Å². The normalized spacial score (nSPS) is 17.4. The molecule has 1 aromatic carbocycles. The van der Waals surface area contributed by atoms with E-state index >= 15 is 0 Å². The second kappa shape index (κ2) is 5.79. The van der Waals surface area contributed by atoms with E-state index in [9.17, 15) is 4.79 Å². The van der Waals surface area contributed by atoms with Gasteiger partial charge in [0.15, 0.2) is 0 Å². The molecule has 5 heteroatoms. The van der Waals surface area contributed by atoms with E-state index in [1.54, 1.807) is 0 Å². The molecule has 2 rings (SSSR count). The third kappa shape index (κ3) is 2.89. The minimum Gasteiger partial charge on any atom is -0.465 e. The van der Waals surface area contributed by atoms with Crippen LogP contribution in [0.3, 0.4) is 0 Å². The largest absolute Gasteiger partial charge is 0.465 e. The van der Waals surface area contributed by atoms with Crippen molar-refractivity contribution < 1.29 is 9.53 Å². The monoisotopic (exact) mass is 358 g/mol. The second-order valence-electron chi connectivity index (χ2n) is 4.21. The molecule has 18 heavy (non-hydrogen) atoms. The highest BCUT2D eigenvalue weighted by Gasteiger charge is 2.26. The molecule has 1 atom stereocenters. The number of aliphatic imine (C=N–C) groups is 1. The molecule has 0 N–H and O–H groups in total. The van der Waals surface area contributed by atoms with E-state index in [1.165, 1.54) is 16.2 Å². The topological polar surface area (TPSA) is 41.9 Å². The number of benzene rings is 1. The van der Waals surface area contributed by atoms with Crippen LogP contribution in [0.4, 0.5) is 0 Å². The summed E-state index contributed by atoms with van der Waals surface area (Å²) in [6.45, 7) is 3.23. The first kappa shape index (κ1) is 13.5. The molecule has 0 spiro atoms. The first-order chi connectivity index (χ1) is 8.61. The van der Waals surface area contributed by atoms with Crippen molar-refractivity contribution in [1.29, 1.82) is 0 Å². The fourth-order valence-electron chi connectivity index (χ4n) is 1.93. The van der Waals surface area contributed by atoms with Gasteiger partial charge in [-0.3, -0.25) is 9.89 Å². The van der Waals surface area contributed by atoms with Crippen LogP contribution in [-0.4, -0.2) is 36.9 Å². The van der Waals surface area contributed by atoms with Crippen LogP contribution in [0.2, 0.25) is 0 Å². The lowest BCUT2D eigenvalue weighted by Gasteiger charge is -2.23. The molecule has 4 nitrogen and oxygen atoms in total. The highest BCUT2D eigenvalue weighted by molar-refractivity contribution is 14.1. The molecule has 0 aliphatic carbocycles. The Morgan fingerprint density at radius 2 is 2.11 bits per heavy atom. The fourth-order valence-corrected chi connectivity index (χ4v) is 2.29. The molecule has 0 saturated carbocycles. The van der Waals surface area contributed by atoms with Gasteiger partial charge in [-0.05, 0) is 47.2 Å². The molecule has 0 saturated heterocycles. The Morgan fingerprint density at radius 1 is 1.44 bits per heavy atom. The Hall–Kier alpha value is -0.950. The predicted octanol–water partition coefficient (Wildman–Crippen LogP) is 2.24. The number of carbonyl (C=O) groups is 1. The van der Waals surface area contributed by atoms with Gasteiger partial charge in [-0.2, -0.15) is 0 Å². The van der Waals surface area contributed by atoms with Crippen LogP contribution in [-0.2, 0) is 9.53 Å². The van der Waals surface area contributed by atoms with Crippen LogP contribution < -0.4 is 0 Å². The number of carbonyl (C=O) groups excluding carboxylic acids is 1.